The first-order chi connectivity index (χ1) is 12.8. The number of nitrogens with two attached hydrogens (primary N) is 1. The molecule has 0 spiro atoms. The Morgan fingerprint density at radius 1 is 1.46 bits per heavy atom. The zero-order chi connectivity index (χ0) is 19.6. The molecule has 2 aromatic heterocycles. The zero-order valence-electron chi connectivity index (χ0n) is 15.6. The molecular formula is C17H17N4NaO5S. The zero-order valence-corrected chi connectivity index (χ0v) is 18.4. The average molecular weight is 412 g/mol. The number of carboxylic acids is 1. The minimum atomic E-state index is -1.44. The number of carbonyl (C=O) groups is 3. The fraction of sp³-hybridized carbons (Fsp3) is 0.412. The number of Topliss-reactive ketones (excluding diaryl/α,β-unsaturated/α-hetero) is 1. The summed E-state index contributed by atoms with van der Waals surface area (Å²) in [6.07, 6.45) is 2.28. The molecule has 0 bridgehead atoms. The van der Waals surface area contributed by atoms with Gasteiger partial charge in [-0.05, 0) is 6.92 Å². The number of aromatic nitrogens is 2. The molecule has 1 saturated heterocycles. The van der Waals surface area contributed by atoms with Gasteiger partial charge in [-0.25, -0.2) is 4.98 Å². The first-order valence-electron chi connectivity index (χ1n) is 8.44. The summed E-state index contributed by atoms with van der Waals surface area (Å²) >= 11 is 1.21. The molecule has 4 atom stereocenters. The molecule has 142 valence electrons. The van der Waals surface area contributed by atoms with Gasteiger partial charge in [0.25, 0.3) is 0 Å². The minimum absolute atomic E-state index is 0. The minimum Gasteiger partial charge on any atom is -0.543 e. The van der Waals surface area contributed by atoms with Crippen molar-refractivity contribution in [3.8, 4) is 0 Å². The fourth-order valence-electron chi connectivity index (χ4n) is 4.10. The van der Waals surface area contributed by atoms with Gasteiger partial charge in [-0.3, -0.25) is 14.0 Å². The smallest absolute Gasteiger partial charge is 0.543 e. The number of ketones is 1. The van der Waals surface area contributed by atoms with Gasteiger partial charge >= 0.3 is 29.6 Å². The number of amides is 1. The molecule has 1 fully saturated rings. The van der Waals surface area contributed by atoms with E-state index < -0.39 is 29.9 Å². The standard InChI is InChI=1S/C17H18N4O5S.Na/c1-6-10(9-4-20-5-19-12(8(23)3-18)16(20)27-9)14(17(25)26)21-13(6)11(7(2)22)15(21)24;/h4-7,11,13,22H,3,18H2,1-2H3,(H,25,26);/q;+1/p-1/t6-,7+,11+,13+;/m0./s1. The molecule has 11 heteroatoms. The number of nitrogens with zero attached hydrogens (tertiary/aromatic N) is 3. The Labute approximate surface area is 186 Å². The van der Waals surface area contributed by atoms with Gasteiger partial charge in [-0.1, -0.05) is 6.92 Å². The van der Waals surface area contributed by atoms with E-state index in [0.29, 0.717) is 15.3 Å². The van der Waals surface area contributed by atoms with Gasteiger partial charge in [-0.15, -0.1) is 11.3 Å². The summed E-state index contributed by atoms with van der Waals surface area (Å²) in [5, 5.41) is 21.7. The van der Waals surface area contributed by atoms with Gasteiger partial charge in [0.2, 0.25) is 5.91 Å². The van der Waals surface area contributed by atoms with Crippen LogP contribution in [0.25, 0.3) is 10.4 Å². The van der Waals surface area contributed by atoms with E-state index in [-0.39, 0.29) is 59.2 Å². The second kappa shape index (κ2) is 7.36. The van der Waals surface area contributed by atoms with Gasteiger partial charge < -0.3 is 25.6 Å². The van der Waals surface area contributed by atoms with Crippen LogP contribution >= 0.6 is 11.3 Å². The number of hydrogen-bond donors (Lipinski definition) is 2. The van der Waals surface area contributed by atoms with Gasteiger partial charge in [0.15, 0.2) is 5.78 Å². The second-order valence-electron chi connectivity index (χ2n) is 6.83. The van der Waals surface area contributed by atoms with Crippen LogP contribution in [0.3, 0.4) is 0 Å². The topological polar surface area (TPSA) is 141 Å². The second-order valence-corrected chi connectivity index (χ2v) is 7.86. The summed E-state index contributed by atoms with van der Waals surface area (Å²) in [5.74, 6) is -3.12. The Hall–Kier alpha value is -1.56. The van der Waals surface area contributed by atoms with Crippen LogP contribution in [0, 0.1) is 11.8 Å². The predicted octanol–water partition coefficient (Wildman–Crippen LogP) is -4.14. The predicted molar refractivity (Wildman–Crippen MR) is 93.3 cm³/mol. The summed E-state index contributed by atoms with van der Waals surface area (Å²) < 4.78 is 1.64. The number of hydrogen-bond acceptors (Lipinski definition) is 8. The number of β-lactam (4-membered cyclic amide) rings is 1. The average Bonchev–Trinajstić information content (AvgIpc) is 3.23. The Bertz CT molecular complexity index is 1030. The number of aliphatic carboxylic acids is 1. The first-order valence-corrected chi connectivity index (χ1v) is 9.26. The maximum atomic E-state index is 12.4. The van der Waals surface area contributed by atoms with Crippen molar-refractivity contribution in [1.29, 1.82) is 0 Å². The molecule has 2 aliphatic rings. The van der Waals surface area contributed by atoms with Crippen molar-refractivity contribution in [2.24, 2.45) is 17.6 Å². The van der Waals surface area contributed by atoms with Crippen LogP contribution in [0.4, 0.5) is 0 Å². The van der Waals surface area contributed by atoms with Crippen LogP contribution in [0.1, 0.15) is 29.2 Å². The van der Waals surface area contributed by atoms with Crippen molar-refractivity contribution in [3.05, 3.63) is 28.8 Å². The van der Waals surface area contributed by atoms with E-state index in [4.69, 9.17) is 5.73 Å². The molecule has 0 aromatic carbocycles. The number of aliphatic hydroxyl groups is 1. The molecule has 3 N–H and O–H groups in total. The third-order valence-corrected chi connectivity index (χ3v) is 6.43. The van der Waals surface area contributed by atoms with Crippen LogP contribution in [0.5, 0.6) is 0 Å². The van der Waals surface area contributed by atoms with Crippen LogP contribution < -0.4 is 40.4 Å². The molecule has 0 aliphatic carbocycles. The van der Waals surface area contributed by atoms with Crippen molar-refractivity contribution in [1.82, 2.24) is 14.3 Å². The molecule has 2 aromatic rings. The van der Waals surface area contributed by atoms with E-state index in [9.17, 15) is 24.6 Å². The maximum Gasteiger partial charge on any atom is 1.00 e. The number of fused-ring (bicyclic) bond motifs is 2. The summed E-state index contributed by atoms with van der Waals surface area (Å²) in [6, 6.07) is -0.426. The third kappa shape index (κ3) is 2.78. The monoisotopic (exact) mass is 412 g/mol. The number of thiazole rings is 1. The van der Waals surface area contributed by atoms with Gasteiger partial charge in [0, 0.05) is 17.7 Å². The van der Waals surface area contributed by atoms with Crippen molar-refractivity contribution >= 4 is 39.4 Å². The third-order valence-electron chi connectivity index (χ3n) is 5.29. The number of aliphatic hydroxyl groups excluding tert-OH is 1. The van der Waals surface area contributed by atoms with E-state index >= 15 is 0 Å². The molecule has 0 unspecified atom stereocenters. The van der Waals surface area contributed by atoms with Crippen LogP contribution in [-0.4, -0.2) is 55.7 Å². The Morgan fingerprint density at radius 3 is 2.71 bits per heavy atom. The largest absolute Gasteiger partial charge is 1.00 e. The summed E-state index contributed by atoms with van der Waals surface area (Å²) in [6.45, 7) is 3.17. The maximum absolute atomic E-state index is 12.4. The Kier molecular flexibility index (Phi) is 5.56. The van der Waals surface area contributed by atoms with E-state index in [1.54, 1.807) is 10.6 Å². The first kappa shape index (κ1) is 21.2. The molecule has 4 rings (SSSR count). The van der Waals surface area contributed by atoms with Crippen LogP contribution in [0.15, 0.2) is 18.2 Å². The van der Waals surface area contributed by atoms with Crippen molar-refractivity contribution in [3.63, 3.8) is 0 Å². The van der Waals surface area contributed by atoms with E-state index in [1.807, 2.05) is 6.92 Å². The fourth-order valence-corrected chi connectivity index (χ4v) is 5.33. The Balaban J connectivity index is 0.00000225. The van der Waals surface area contributed by atoms with Crippen molar-refractivity contribution < 1.29 is 54.2 Å². The molecule has 2 aliphatic heterocycles. The van der Waals surface area contributed by atoms with Crippen molar-refractivity contribution in [2.75, 3.05) is 6.54 Å². The summed E-state index contributed by atoms with van der Waals surface area (Å²) in [7, 11) is 0. The normalized spacial score (nSPS) is 24.8. The Morgan fingerprint density at radius 2 is 2.14 bits per heavy atom. The summed E-state index contributed by atoms with van der Waals surface area (Å²) in [4.78, 5) is 42.6. The number of carboxylic acid groups (broad SMARTS) is 1. The van der Waals surface area contributed by atoms with Crippen molar-refractivity contribution in [2.45, 2.75) is 26.0 Å². The quantitative estimate of drug-likeness (QED) is 0.289. The van der Waals surface area contributed by atoms with Gasteiger partial charge in [-0.2, -0.15) is 0 Å². The van der Waals surface area contributed by atoms with E-state index in [1.165, 1.54) is 29.5 Å². The SMILES string of the molecule is C[C@@H](O)[C@H]1C(=O)N2C(C(=O)[O-])=C(c3cn4cnc(C(=O)CN)c4s3)[C@H](C)[C@H]12.[Na+]. The summed E-state index contributed by atoms with van der Waals surface area (Å²) in [5.41, 5.74) is 5.95. The number of rotatable bonds is 5. The van der Waals surface area contributed by atoms with Gasteiger partial charge in [0.1, 0.15) is 16.9 Å². The van der Waals surface area contributed by atoms with Crippen LogP contribution in [0.2, 0.25) is 0 Å². The number of imidazole rings is 1. The molecular weight excluding hydrogens is 395 g/mol. The molecule has 0 radical (unpaired) electrons. The molecule has 0 saturated carbocycles. The molecule has 4 heterocycles. The molecule has 1 amide bonds. The molecule has 28 heavy (non-hydrogen) atoms. The number of carbonyl (C=O) groups excluding carboxylic acids is 3. The van der Waals surface area contributed by atoms with E-state index in [0.717, 1.165) is 0 Å². The van der Waals surface area contributed by atoms with Gasteiger partial charge in [0.05, 0.1) is 41.2 Å². The van der Waals surface area contributed by atoms with Crippen LogP contribution in [-0.2, 0) is 9.59 Å². The molecule has 9 nitrogen and oxygen atoms in total. The van der Waals surface area contributed by atoms with E-state index in [2.05, 4.69) is 4.98 Å².